The van der Waals surface area contributed by atoms with Gasteiger partial charge < -0.3 is 15.1 Å². The molecule has 0 bridgehead atoms. The normalized spacial score (nSPS) is 13.2. The zero-order valence-corrected chi connectivity index (χ0v) is 17.6. The number of carbonyl (C=O) groups excluding carboxylic acids is 2. The highest BCUT2D eigenvalue weighted by molar-refractivity contribution is 5.94. The van der Waals surface area contributed by atoms with Gasteiger partial charge in [-0.15, -0.1) is 0 Å². The molecule has 160 valence electrons. The van der Waals surface area contributed by atoms with Crippen molar-refractivity contribution in [2.45, 2.75) is 38.9 Å². The number of amides is 2. The molecule has 3 aromatic rings. The fourth-order valence-corrected chi connectivity index (χ4v) is 3.41. The van der Waals surface area contributed by atoms with Gasteiger partial charge in [-0.25, -0.2) is 0 Å². The third-order valence-corrected chi connectivity index (χ3v) is 5.28. The molecule has 1 saturated carbocycles. The average Bonchev–Trinajstić information content (AvgIpc) is 3.42. The maximum absolute atomic E-state index is 12.7. The summed E-state index contributed by atoms with van der Waals surface area (Å²) < 4.78 is 5.49. The Labute approximate surface area is 182 Å². The number of nitrogens with one attached hydrogen (secondary N) is 2. The monoisotopic (exact) mass is 417 g/mol. The van der Waals surface area contributed by atoms with Crippen LogP contribution < -0.4 is 10.6 Å². The van der Waals surface area contributed by atoms with Crippen molar-refractivity contribution in [2.24, 2.45) is 0 Å². The molecule has 1 aliphatic rings. The molecule has 1 aliphatic carbocycles. The lowest BCUT2D eigenvalue weighted by molar-refractivity contribution is -0.117. The molecule has 1 heterocycles. The van der Waals surface area contributed by atoms with Crippen LogP contribution in [-0.2, 0) is 17.9 Å². The highest BCUT2D eigenvalue weighted by atomic mass is 16.3. The number of hydrogen-bond acceptors (Lipinski definition) is 4. The lowest BCUT2D eigenvalue weighted by atomic mass is 10.1. The summed E-state index contributed by atoms with van der Waals surface area (Å²) in [6.07, 6.45) is 3.76. The first-order valence-electron chi connectivity index (χ1n) is 10.6. The van der Waals surface area contributed by atoms with Gasteiger partial charge in [-0.05, 0) is 61.2 Å². The van der Waals surface area contributed by atoms with Crippen LogP contribution >= 0.6 is 0 Å². The molecule has 6 nitrogen and oxygen atoms in total. The molecule has 1 fully saturated rings. The number of hydrogen-bond donors (Lipinski definition) is 2. The standard InChI is InChI=1S/C25H27N3O3/c1-18-5-2-3-7-23(18)27-24(29)17-28(16-22-6-4-14-31-22)15-19-8-10-20(11-9-19)25(30)26-21-12-13-21/h2-11,14,21H,12-13,15-17H2,1H3,(H,26,30)(H,27,29). The first-order chi connectivity index (χ1) is 15.1. The first kappa shape index (κ1) is 20.9. The molecule has 0 radical (unpaired) electrons. The molecule has 2 aromatic carbocycles. The largest absolute Gasteiger partial charge is 0.468 e. The number of benzene rings is 2. The van der Waals surface area contributed by atoms with Gasteiger partial charge in [0.15, 0.2) is 0 Å². The summed E-state index contributed by atoms with van der Waals surface area (Å²) in [6.45, 7) is 3.26. The Morgan fingerprint density at radius 2 is 1.77 bits per heavy atom. The molecule has 0 spiro atoms. The number of furan rings is 1. The molecule has 4 rings (SSSR count). The topological polar surface area (TPSA) is 74.6 Å². The number of para-hydroxylation sites is 1. The van der Waals surface area contributed by atoms with Crippen LogP contribution in [0.5, 0.6) is 0 Å². The van der Waals surface area contributed by atoms with E-state index in [1.807, 2.05) is 72.5 Å². The molecule has 0 unspecified atom stereocenters. The van der Waals surface area contributed by atoms with Crippen LogP contribution in [0.15, 0.2) is 71.3 Å². The van der Waals surface area contributed by atoms with Crippen molar-refractivity contribution in [1.29, 1.82) is 0 Å². The Morgan fingerprint density at radius 1 is 1.00 bits per heavy atom. The van der Waals surface area contributed by atoms with E-state index in [2.05, 4.69) is 10.6 Å². The molecule has 1 aromatic heterocycles. The van der Waals surface area contributed by atoms with Crippen LogP contribution in [0, 0.1) is 6.92 Å². The molecule has 0 aliphatic heterocycles. The fraction of sp³-hybridized carbons (Fsp3) is 0.280. The van der Waals surface area contributed by atoms with Crippen molar-refractivity contribution in [3.8, 4) is 0 Å². The Morgan fingerprint density at radius 3 is 2.45 bits per heavy atom. The van der Waals surface area contributed by atoms with Gasteiger partial charge >= 0.3 is 0 Å². The lowest BCUT2D eigenvalue weighted by Crippen LogP contribution is -2.32. The van der Waals surface area contributed by atoms with Crippen molar-refractivity contribution >= 4 is 17.5 Å². The predicted octanol–water partition coefficient (Wildman–Crippen LogP) is 4.12. The molecule has 0 atom stereocenters. The van der Waals surface area contributed by atoms with Crippen LogP contribution in [0.1, 0.15) is 40.1 Å². The second-order valence-electron chi connectivity index (χ2n) is 8.03. The Balaban J connectivity index is 1.41. The summed E-state index contributed by atoms with van der Waals surface area (Å²) in [5.74, 6) is 0.685. The third kappa shape index (κ3) is 6.06. The minimum absolute atomic E-state index is 0.0286. The van der Waals surface area contributed by atoms with Crippen LogP contribution in [0.2, 0.25) is 0 Å². The second-order valence-corrected chi connectivity index (χ2v) is 8.03. The van der Waals surface area contributed by atoms with Crippen LogP contribution in [0.4, 0.5) is 5.69 Å². The van der Waals surface area contributed by atoms with Crippen LogP contribution in [0.3, 0.4) is 0 Å². The van der Waals surface area contributed by atoms with E-state index in [-0.39, 0.29) is 18.4 Å². The van der Waals surface area contributed by atoms with Crippen LogP contribution in [-0.4, -0.2) is 29.3 Å². The van der Waals surface area contributed by atoms with Gasteiger partial charge in [-0.3, -0.25) is 14.5 Å². The van der Waals surface area contributed by atoms with Crippen molar-refractivity contribution in [3.05, 3.63) is 89.4 Å². The summed E-state index contributed by atoms with van der Waals surface area (Å²) in [6, 6.07) is 19.4. The van der Waals surface area contributed by atoms with Gasteiger partial charge in [0, 0.05) is 23.8 Å². The van der Waals surface area contributed by atoms with E-state index in [4.69, 9.17) is 4.42 Å². The van der Waals surface area contributed by atoms with E-state index < -0.39 is 0 Å². The van der Waals surface area contributed by atoms with Crippen molar-refractivity contribution in [1.82, 2.24) is 10.2 Å². The minimum atomic E-state index is -0.0821. The third-order valence-electron chi connectivity index (χ3n) is 5.28. The average molecular weight is 418 g/mol. The summed E-state index contributed by atoms with van der Waals surface area (Å²) in [4.78, 5) is 26.9. The van der Waals surface area contributed by atoms with Gasteiger partial charge in [-0.2, -0.15) is 0 Å². The van der Waals surface area contributed by atoms with Gasteiger partial charge in [0.1, 0.15) is 5.76 Å². The molecule has 6 heteroatoms. The number of nitrogens with zero attached hydrogens (tertiary/aromatic N) is 1. The van der Waals surface area contributed by atoms with Gasteiger partial charge in [0.05, 0.1) is 19.4 Å². The Kier molecular flexibility index (Phi) is 6.48. The van der Waals surface area contributed by atoms with Crippen molar-refractivity contribution in [2.75, 3.05) is 11.9 Å². The van der Waals surface area contributed by atoms with Gasteiger partial charge in [0.25, 0.3) is 5.91 Å². The van der Waals surface area contributed by atoms with E-state index >= 15 is 0 Å². The summed E-state index contributed by atoms with van der Waals surface area (Å²) >= 11 is 0. The number of rotatable bonds is 9. The number of anilines is 1. The summed E-state index contributed by atoms with van der Waals surface area (Å²) in [5, 5.41) is 5.99. The molecule has 31 heavy (non-hydrogen) atoms. The van der Waals surface area contributed by atoms with Gasteiger partial charge in [-0.1, -0.05) is 30.3 Å². The lowest BCUT2D eigenvalue weighted by Gasteiger charge is -2.21. The SMILES string of the molecule is Cc1ccccc1NC(=O)CN(Cc1ccc(C(=O)NC2CC2)cc1)Cc1ccco1. The van der Waals surface area contributed by atoms with E-state index in [0.29, 0.717) is 24.7 Å². The fourth-order valence-electron chi connectivity index (χ4n) is 3.41. The maximum Gasteiger partial charge on any atom is 0.251 e. The van der Waals surface area contributed by atoms with Crippen molar-refractivity contribution < 1.29 is 14.0 Å². The smallest absolute Gasteiger partial charge is 0.251 e. The van der Waals surface area contributed by atoms with Crippen LogP contribution in [0.25, 0.3) is 0 Å². The quantitative estimate of drug-likeness (QED) is 0.549. The first-order valence-corrected chi connectivity index (χ1v) is 10.6. The van der Waals surface area contributed by atoms with E-state index in [0.717, 1.165) is 35.4 Å². The molecule has 2 N–H and O–H groups in total. The predicted molar refractivity (Wildman–Crippen MR) is 120 cm³/mol. The maximum atomic E-state index is 12.7. The molecular formula is C25H27N3O3. The second kappa shape index (κ2) is 9.62. The highest BCUT2D eigenvalue weighted by Crippen LogP contribution is 2.20. The van der Waals surface area contributed by atoms with E-state index in [1.165, 1.54) is 0 Å². The minimum Gasteiger partial charge on any atom is -0.468 e. The summed E-state index contributed by atoms with van der Waals surface area (Å²) in [5.41, 5.74) is 3.52. The zero-order valence-electron chi connectivity index (χ0n) is 17.6. The molecule has 2 amide bonds. The summed E-state index contributed by atoms with van der Waals surface area (Å²) in [7, 11) is 0. The van der Waals surface area contributed by atoms with Crippen molar-refractivity contribution in [3.63, 3.8) is 0 Å². The Bertz CT molecular complexity index is 1020. The Hall–Kier alpha value is -3.38. The number of aryl methyl sites for hydroxylation is 1. The molecular weight excluding hydrogens is 390 g/mol. The van der Waals surface area contributed by atoms with Gasteiger partial charge in [0.2, 0.25) is 5.91 Å². The van der Waals surface area contributed by atoms with E-state index in [1.54, 1.807) is 6.26 Å². The molecule has 0 saturated heterocycles. The zero-order chi connectivity index (χ0) is 21.6. The number of carbonyl (C=O) groups is 2. The highest BCUT2D eigenvalue weighted by Gasteiger charge is 2.23. The van der Waals surface area contributed by atoms with E-state index in [9.17, 15) is 9.59 Å².